The van der Waals surface area contributed by atoms with Crippen LogP contribution in [0.15, 0.2) is 35.1 Å². The molecular weight excluding hydrogens is 321 g/mol. The van der Waals surface area contributed by atoms with Gasteiger partial charge in [-0.3, -0.25) is 9.78 Å². The average molecular weight is 329 g/mol. The van der Waals surface area contributed by atoms with Gasteiger partial charge in [0.15, 0.2) is 0 Å². The number of nitrogen functional groups attached to an aromatic ring is 1. The number of anilines is 1. The van der Waals surface area contributed by atoms with Gasteiger partial charge in [0.05, 0.1) is 6.07 Å². The number of nitrogens with one attached hydrogen (secondary N) is 1. The number of hydrogen-bond acceptors (Lipinski definition) is 4. The summed E-state index contributed by atoms with van der Waals surface area (Å²) in [5.74, 6) is 0.827. The zero-order valence-corrected chi connectivity index (χ0v) is 10.3. The van der Waals surface area contributed by atoms with E-state index in [0.717, 1.165) is 3.57 Å². The molecule has 0 aliphatic carbocycles. The summed E-state index contributed by atoms with van der Waals surface area (Å²) in [5, 5.41) is 0. The predicted molar refractivity (Wildman–Crippen MR) is 68.5 cm³/mol. The summed E-state index contributed by atoms with van der Waals surface area (Å²) < 4.78 is 6.48. The predicted octanol–water partition coefficient (Wildman–Crippen LogP) is 1.75. The molecule has 3 N–H and O–H groups in total. The third-order valence-corrected chi connectivity index (χ3v) is 2.49. The molecule has 0 spiro atoms. The van der Waals surface area contributed by atoms with Gasteiger partial charge in [0, 0.05) is 3.57 Å². The van der Waals surface area contributed by atoms with Crippen LogP contribution in [0.4, 0.5) is 5.95 Å². The molecule has 82 valence electrons. The van der Waals surface area contributed by atoms with E-state index in [9.17, 15) is 4.79 Å². The second-order valence-electron chi connectivity index (χ2n) is 3.02. The largest absolute Gasteiger partial charge is 0.439 e. The Hall–Kier alpha value is -1.57. The van der Waals surface area contributed by atoms with Crippen molar-refractivity contribution in [2.75, 3.05) is 5.73 Å². The smallest absolute Gasteiger partial charge is 0.256 e. The summed E-state index contributed by atoms with van der Waals surface area (Å²) in [6.45, 7) is 0. The van der Waals surface area contributed by atoms with E-state index >= 15 is 0 Å². The molecule has 6 heteroatoms. The fraction of sp³-hybridized carbons (Fsp3) is 0. The van der Waals surface area contributed by atoms with Gasteiger partial charge in [-0.25, -0.2) is 0 Å². The Bertz CT molecular complexity index is 551. The summed E-state index contributed by atoms with van der Waals surface area (Å²) in [5.41, 5.74) is 5.05. The van der Waals surface area contributed by atoms with Gasteiger partial charge in [0.1, 0.15) is 5.75 Å². The van der Waals surface area contributed by atoms with Gasteiger partial charge in [-0.05, 0) is 46.9 Å². The molecule has 0 bridgehead atoms. The Labute approximate surface area is 105 Å². The van der Waals surface area contributed by atoms with Crippen LogP contribution in [0.3, 0.4) is 0 Å². The summed E-state index contributed by atoms with van der Waals surface area (Å²) in [7, 11) is 0. The molecule has 2 rings (SSSR count). The summed E-state index contributed by atoms with van der Waals surface area (Å²) >= 11 is 2.19. The Morgan fingerprint density at radius 3 is 2.62 bits per heavy atom. The molecule has 1 heterocycles. The lowest BCUT2D eigenvalue weighted by Crippen LogP contribution is -2.10. The molecule has 0 unspecified atom stereocenters. The summed E-state index contributed by atoms with van der Waals surface area (Å²) in [6, 6.07) is 8.62. The van der Waals surface area contributed by atoms with Crippen LogP contribution in [0.1, 0.15) is 0 Å². The Balaban J connectivity index is 2.26. The van der Waals surface area contributed by atoms with Crippen LogP contribution in [0.2, 0.25) is 0 Å². The molecule has 16 heavy (non-hydrogen) atoms. The number of ether oxygens (including phenoxy) is 1. The van der Waals surface area contributed by atoms with Gasteiger partial charge in [-0.2, -0.15) is 4.98 Å². The topological polar surface area (TPSA) is 81.0 Å². The van der Waals surface area contributed by atoms with Gasteiger partial charge >= 0.3 is 0 Å². The lowest BCUT2D eigenvalue weighted by atomic mass is 10.3. The van der Waals surface area contributed by atoms with Crippen molar-refractivity contribution >= 4 is 28.5 Å². The number of benzene rings is 1. The van der Waals surface area contributed by atoms with Crippen LogP contribution in [-0.4, -0.2) is 9.97 Å². The molecule has 1 aromatic heterocycles. The lowest BCUT2D eigenvalue weighted by Gasteiger charge is -2.04. The first-order valence-electron chi connectivity index (χ1n) is 4.44. The molecule has 0 saturated carbocycles. The SMILES string of the molecule is Nc1nc(Oc2ccc(I)cc2)cc(=O)[nH]1. The van der Waals surface area contributed by atoms with Gasteiger partial charge in [-0.15, -0.1) is 0 Å². The zero-order valence-electron chi connectivity index (χ0n) is 8.11. The highest BCUT2D eigenvalue weighted by Gasteiger charge is 2.01. The minimum absolute atomic E-state index is 0.0352. The minimum atomic E-state index is -0.340. The van der Waals surface area contributed by atoms with E-state index in [2.05, 4.69) is 32.6 Å². The number of nitrogens with two attached hydrogens (primary N) is 1. The van der Waals surface area contributed by atoms with Crippen molar-refractivity contribution in [2.24, 2.45) is 0 Å². The van der Waals surface area contributed by atoms with Crippen molar-refractivity contribution in [3.05, 3.63) is 44.3 Å². The van der Waals surface area contributed by atoms with Crippen LogP contribution in [0.5, 0.6) is 11.6 Å². The maximum Gasteiger partial charge on any atom is 0.256 e. The molecule has 0 atom stereocenters. The molecule has 2 aromatic rings. The first kappa shape index (κ1) is 10.9. The molecule has 0 aliphatic heterocycles. The molecule has 0 saturated heterocycles. The molecular formula is C10H8IN3O2. The average Bonchev–Trinajstić information content (AvgIpc) is 2.20. The fourth-order valence-electron chi connectivity index (χ4n) is 1.13. The number of rotatable bonds is 2. The highest BCUT2D eigenvalue weighted by molar-refractivity contribution is 14.1. The highest BCUT2D eigenvalue weighted by atomic mass is 127. The second kappa shape index (κ2) is 4.52. The fourth-order valence-corrected chi connectivity index (χ4v) is 1.49. The lowest BCUT2D eigenvalue weighted by molar-refractivity contribution is 0.461. The number of nitrogens with zero attached hydrogens (tertiary/aromatic N) is 1. The quantitative estimate of drug-likeness (QED) is 0.823. The third kappa shape index (κ3) is 2.72. The first-order valence-corrected chi connectivity index (χ1v) is 5.51. The van der Waals surface area contributed by atoms with Crippen molar-refractivity contribution in [3.8, 4) is 11.6 Å². The van der Waals surface area contributed by atoms with Gasteiger partial charge in [0.25, 0.3) is 5.56 Å². The standard InChI is InChI=1S/C10H8IN3O2/c11-6-1-3-7(4-2-6)16-9-5-8(15)13-10(12)14-9/h1-5H,(H3,12,13,14,15). The molecule has 5 nitrogen and oxygen atoms in total. The van der Waals surface area contributed by atoms with Crippen LogP contribution in [-0.2, 0) is 0 Å². The Kier molecular flexibility index (Phi) is 3.09. The maximum atomic E-state index is 11.1. The monoisotopic (exact) mass is 329 g/mol. The molecule has 0 fully saturated rings. The minimum Gasteiger partial charge on any atom is -0.439 e. The zero-order chi connectivity index (χ0) is 11.5. The normalized spacial score (nSPS) is 10.1. The number of aromatic amines is 1. The molecule has 0 radical (unpaired) electrons. The number of aromatic nitrogens is 2. The van der Waals surface area contributed by atoms with E-state index < -0.39 is 0 Å². The number of hydrogen-bond donors (Lipinski definition) is 2. The summed E-state index contributed by atoms with van der Waals surface area (Å²) in [6.07, 6.45) is 0. The number of H-pyrrole nitrogens is 1. The van der Waals surface area contributed by atoms with Crippen molar-refractivity contribution in [3.63, 3.8) is 0 Å². The van der Waals surface area contributed by atoms with E-state index in [0.29, 0.717) is 5.75 Å². The van der Waals surface area contributed by atoms with E-state index in [-0.39, 0.29) is 17.4 Å². The van der Waals surface area contributed by atoms with Crippen LogP contribution in [0.25, 0.3) is 0 Å². The Morgan fingerprint density at radius 1 is 1.31 bits per heavy atom. The van der Waals surface area contributed by atoms with E-state index in [1.165, 1.54) is 6.07 Å². The van der Waals surface area contributed by atoms with Crippen LogP contribution in [0, 0.1) is 3.57 Å². The van der Waals surface area contributed by atoms with Crippen molar-refractivity contribution in [1.29, 1.82) is 0 Å². The van der Waals surface area contributed by atoms with Crippen molar-refractivity contribution < 1.29 is 4.74 Å². The second-order valence-corrected chi connectivity index (χ2v) is 4.27. The van der Waals surface area contributed by atoms with Crippen molar-refractivity contribution in [2.45, 2.75) is 0 Å². The van der Waals surface area contributed by atoms with Gasteiger partial charge in [-0.1, -0.05) is 0 Å². The van der Waals surface area contributed by atoms with Crippen molar-refractivity contribution in [1.82, 2.24) is 9.97 Å². The maximum absolute atomic E-state index is 11.1. The highest BCUT2D eigenvalue weighted by Crippen LogP contribution is 2.19. The third-order valence-electron chi connectivity index (χ3n) is 1.77. The number of halogens is 1. The summed E-state index contributed by atoms with van der Waals surface area (Å²) in [4.78, 5) is 17.3. The molecule has 0 aliphatic rings. The molecule has 1 aromatic carbocycles. The first-order chi connectivity index (χ1) is 7.63. The van der Waals surface area contributed by atoms with Gasteiger partial charge in [0.2, 0.25) is 11.8 Å². The van der Waals surface area contributed by atoms with Gasteiger partial charge < -0.3 is 10.5 Å². The van der Waals surface area contributed by atoms with Crippen LogP contribution < -0.4 is 16.0 Å². The van der Waals surface area contributed by atoms with E-state index in [4.69, 9.17) is 10.5 Å². The van der Waals surface area contributed by atoms with Crippen LogP contribution >= 0.6 is 22.6 Å². The van der Waals surface area contributed by atoms with E-state index in [1.807, 2.05) is 12.1 Å². The molecule has 0 amide bonds. The van der Waals surface area contributed by atoms with E-state index in [1.54, 1.807) is 12.1 Å². The Morgan fingerprint density at radius 2 is 2.00 bits per heavy atom.